The summed E-state index contributed by atoms with van der Waals surface area (Å²) in [6.45, 7) is -1.54. The van der Waals surface area contributed by atoms with Crippen LogP contribution in [0.4, 0.5) is 5.82 Å². The molecule has 3 heteroatoms. The topological polar surface area (TPSA) is 21.1 Å². The van der Waals surface area contributed by atoms with Crippen molar-refractivity contribution in [3.8, 4) is 0 Å². The summed E-state index contributed by atoms with van der Waals surface area (Å²) in [7, 11) is 0. The Morgan fingerprint density at radius 2 is 2.42 bits per heavy atom. The summed E-state index contributed by atoms with van der Waals surface area (Å²) in [6.07, 6.45) is -1.37. The van der Waals surface area contributed by atoms with E-state index in [0.717, 1.165) is 4.68 Å². The molecule has 2 heterocycles. The highest BCUT2D eigenvalue weighted by Gasteiger charge is 2.18. The zero-order valence-electron chi connectivity index (χ0n) is 13.1. The smallest absolute Gasteiger partial charge is 0.127 e. The van der Waals surface area contributed by atoms with Crippen LogP contribution in [0.5, 0.6) is 0 Å². The molecule has 1 aromatic rings. The number of hydrogen-bond donors (Lipinski definition) is 0. The van der Waals surface area contributed by atoms with Crippen molar-refractivity contribution in [3.63, 3.8) is 0 Å². The normalized spacial score (nSPS) is 36.8. The highest BCUT2D eigenvalue weighted by molar-refractivity contribution is 5.40. The Bertz CT molecular complexity index is 467. The molecule has 0 radical (unpaired) electrons. The average Bonchev–Trinajstić information content (AvgIpc) is 2.64. The largest absolute Gasteiger partial charge is 0.354 e. The van der Waals surface area contributed by atoms with E-state index in [-0.39, 0.29) is 11.9 Å². The highest BCUT2D eigenvalue weighted by atomic mass is 15.4. The maximum atomic E-state index is 7.98. The molecule has 0 bridgehead atoms. The second-order valence-corrected chi connectivity index (χ2v) is 2.91. The molecule has 66 valence electrons. The Hall–Kier alpha value is -0.990. The Kier molecular flexibility index (Phi) is 0.796. The third-order valence-corrected chi connectivity index (χ3v) is 1.72. The molecule has 0 aromatic carbocycles. The van der Waals surface area contributed by atoms with Gasteiger partial charge >= 0.3 is 0 Å². The molecule has 0 fully saturated rings. The van der Waals surface area contributed by atoms with E-state index in [2.05, 4.69) is 5.10 Å². The van der Waals surface area contributed by atoms with Crippen molar-refractivity contribution >= 4 is 5.82 Å². The van der Waals surface area contributed by atoms with Crippen molar-refractivity contribution in [2.75, 3.05) is 11.4 Å². The van der Waals surface area contributed by atoms with Gasteiger partial charge in [0.2, 0.25) is 0 Å². The molecule has 1 aromatic heterocycles. The van der Waals surface area contributed by atoms with Crippen molar-refractivity contribution < 1.29 is 8.22 Å². The Labute approximate surface area is 81.4 Å². The predicted octanol–water partition coefficient (Wildman–Crippen LogP) is 1.50. The van der Waals surface area contributed by atoms with Gasteiger partial charge in [-0.1, -0.05) is 0 Å². The summed E-state index contributed by atoms with van der Waals surface area (Å²) < 4.78 is 48.2. The lowest BCUT2D eigenvalue weighted by Crippen LogP contribution is -2.37. The summed E-state index contributed by atoms with van der Waals surface area (Å²) in [4.78, 5) is 1.22. The first kappa shape index (κ1) is 3.40. The van der Waals surface area contributed by atoms with Gasteiger partial charge in [-0.05, 0) is 20.2 Å². The standard InChI is InChI=1S/C9H15N3/c1-8(2)11-6-3-7-12-9(11)4-5-10-12/h4-5,8H,3,6-7H2,1-2H3/i3D2,6D2,7D2. The summed E-state index contributed by atoms with van der Waals surface area (Å²) in [5, 5.41) is 3.80. The fourth-order valence-corrected chi connectivity index (χ4v) is 1.15. The molecule has 0 unspecified atom stereocenters. The van der Waals surface area contributed by atoms with E-state index in [1.807, 2.05) is 0 Å². The molecule has 0 spiro atoms. The van der Waals surface area contributed by atoms with Crippen LogP contribution in [0.15, 0.2) is 12.3 Å². The Balaban J connectivity index is 2.74. The van der Waals surface area contributed by atoms with Gasteiger partial charge in [0.25, 0.3) is 0 Å². The molecule has 0 N–H and O–H groups in total. The fraction of sp³-hybridized carbons (Fsp3) is 0.667. The lowest BCUT2D eigenvalue weighted by atomic mass is 10.2. The molecule has 0 amide bonds. The van der Waals surface area contributed by atoms with Crippen molar-refractivity contribution in [1.29, 1.82) is 0 Å². The lowest BCUT2D eigenvalue weighted by Gasteiger charge is -2.32. The van der Waals surface area contributed by atoms with E-state index in [0.29, 0.717) is 0 Å². The molecule has 12 heavy (non-hydrogen) atoms. The maximum absolute atomic E-state index is 7.98. The average molecular weight is 171 g/mol. The van der Waals surface area contributed by atoms with E-state index >= 15 is 0 Å². The third-order valence-electron chi connectivity index (χ3n) is 1.72. The first-order valence-electron chi connectivity index (χ1n) is 6.89. The highest BCUT2D eigenvalue weighted by Crippen LogP contribution is 2.21. The number of aromatic nitrogens is 2. The molecular formula is C9H15N3. The Morgan fingerprint density at radius 1 is 1.58 bits per heavy atom. The van der Waals surface area contributed by atoms with E-state index in [1.165, 1.54) is 17.2 Å². The second kappa shape index (κ2) is 2.81. The van der Waals surface area contributed by atoms with Crippen LogP contribution in [0.3, 0.4) is 0 Å². The van der Waals surface area contributed by atoms with Crippen LogP contribution in [0.2, 0.25) is 0 Å². The third kappa shape index (κ3) is 1.09. The molecule has 0 saturated carbocycles. The van der Waals surface area contributed by atoms with Gasteiger partial charge in [0.1, 0.15) is 5.82 Å². The molecule has 1 aliphatic heterocycles. The molecule has 0 saturated heterocycles. The van der Waals surface area contributed by atoms with Crippen LogP contribution in [-0.2, 0) is 6.50 Å². The van der Waals surface area contributed by atoms with E-state index in [9.17, 15) is 0 Å². The van der Waals surface area contributed by atoms with Gasteiger partial charge in [-0.3, -0.25) is 0 Å². The van der Waals surface area contributed by atoms with Crippen LogP contribution >= 0.6 is 0 Å². The molecule has 3 nitrogen and oxygen atoms in total. The van der Waals surface area contributed by atoms with E-state index < -0.39 is 19.4 Å². The van der Waals surface area contributed by atoms with Crippen LogP contribution in [0, 0.1) is 0 Å². The first-order valence-corrected chi connectivity index (χ1v) is 3.89. The van der Waals surface area contributed by atoms with Crippen LogP contribution < -0.4 is 4.90 Å². The maximum Gasteiger partial charge on any atom is 0.127 e. The SMILES string of the molecule is [2H]C1([2H])N(C(C)C)c2ccnn2C([2H])([2H])C1([2H])[2H]. The van der Waals surface area contributed by atoms with Crippen molar-refractivity contribution in [1.82, 2.24) is 9.78 Å². The van der Waals surface area contributed by atoms with Gasteiger partial charge in [-0.25, -0.2) is 4.68 Å². The summed E-state index contributed by atoms with van der Waals surface area (Å²) in [6, 6.07) is 1.17. The first-order chi connectivity index (χ1) is 8.05. The second-order valence-electron chi connectivity index (χ2n) is 2.91. The number of hydrogen-bond acceptors (Lipinski definition) is 2. The van der Waals surface area contributed by atoms with Crippen LogP contribution in [-0.4, -0.2) is 22.3 Å². The molecule has 2 rings (SSSR count). The number of aryl methyl sites for hydroxylation is 1. The van der Waals surface area contributed by atoms with Crippen molar-refractivity contribution in [2.24, 2.45) is 0 Å². The predicted molar refractivity (Wildman–Crippen MR) is 49.3 cm³/mol. The van der Waals surface area contributed by atoms with Gasteiger partial charge in [0.15, 0.2) is 0 Å². The fourth-order valence-electron chi connectivity index (χ4n) is 1.15. The van der Waals surface area contributed by atoms with Gasteiger partial charge in [-0.15, -0.1) is 0 Å². The number of rotatable bonds is 1. The molecule has 1 aliphatic rings. The number of anilines is 1. The molecule has 0 aliphatic carbocycles. The monoisotopic (exact) mass is 171 g/mol. The number of nitrogens with zero attached hydrogens (tertiary/aromatic N) is 3. The van der Waals surface area contributed by atoms with Gasteiger partial charge in [0, 0.05) is 30.6 Å². The number of fused-ring (bicyclic) bond motifs is 1. The van der Waals surface area contributed by atoms with Gasteiger partial charge < -0.3 is 4.90 Å². The minimum atomic E-state index is -2.72. The van der Waals surface area contributed by atoms with Crippen molar-refractivity contribution in [2.45, 2.75) is 32.8 Å². The van der Waals surface area contributed by atoms with Gasteiger partial charge in [0.05, 0.1) is 8.94 Å². The summed E-state index contributed by atoms with van der Waals surface area (Å²) in [5.74, 6) is 0.245. The zero-order valence-corrected chi connectivity index (χ0v) is 7.07. The summed E-state index contributed by atoms with van der Waals surface area (Å²) >= 11 is 0. The zero-order chi connectivity index (χ0) is 13.9. The minimum absolute atomic E-state index is 0.245. The minimum Gasteiger partial charge on any atom is -0.354 e. The molecule has 0 atom stereocenters. The van der Waals surface area contributed by atoms with Crippen molar-refractivity contribution in [3.05, 3.63) is 12.3 Å². The van der Waals surface area contributed by atoms with Crippen LogP contribution in [0.25, 0.3) is 0 Å². The van der Waals surface area contributed by atoms with Gasteiger partial charge in [-0.2, -0.15) is 5.10 Å². The lowest BCUT2D eigenvalue weighted by molar-refractivity contribution is 0.495. The summed E-state index contributed by atoms with van der Waals surface area (Å²) in [5.41, 5.74) is 0. The van der Waals surface area contributed by atoms with E-state index in [4.69, 9.17) is 8.22 Å². The molecular weight excluding hydrogens is 150 g/mol. The van der Waals surface area contributed by atoms with E-state index in [1.54, 1.807) is 13.8 Å². The quantitative estimate of drug-likeness (QED) is 0.638. The Morgan fingerprint density at radius 3 is 3.17 bits per heavy atom. The van der Waals surface area contributed by atoms with Crippen LogP contribution in [0.1, 0.15) is 28.4 Å².